The van der Waals surface area contributed by atoms with Gasteiger partial charge in [-0.05, 0) is 30.7 Å². The van der Waals surface area contributed by atoms with Crippen LogP contribution in [-0.2, 0) is 10.5 Å². The summed E-state index contributed by atoms with van der Waals surface area (Å²) in [6, 6.07) is 15.3. The quantitative estimate of drug-likeness (QED) is 0.492. The highest BCUT2D eigenvalue weighted by molar-refractivity contribution is 7.98. The average molecular weight is 354 g/mol. The zero-order valence-electron chi connectivity index (χ0n) is 13.8. The molecule has 0 aliphatic rings. The van der Waals surface area contributed by atoms with Gasteiger partial charge in [0.05, 0.1) is 19.1 Å². The molecule has 0 saturated carbocycles. The molecular weight excluding hydrogens is 336 g/mol. The monoisotopic (exact) mass is 354 g/mol. The smallest absolute Gasteiger partial charge is 0.342 e. The molecule has 2 aromatic carbocycles. The van der Waals surface area contributed by atoms with Crippen molar-refractivity contribution in [1.82, 2.24) is 0 Å². The van der Waals surface area contributed by atoms with Gasteiger partial charge in [-0.3, -0.25) is 0 Å². The van der Waals surface area contributed by atoms with E-state index in [-0.39, 0.29) is 17.9 Å². The Labute approximate surface area is 150 Å². The third-order valence-corrected chi connectivity index (χ3v) is 4.77. The number of rotatable bonds is 6. The number of benzene rings is 2. The van der Waals surface area contributed by atoms with Crippen LogP contribution in [-0.4, -0.2) is 17.7 Å². The van der Waals surface area contributed by atoms with Crippen LogP contribution in [0.1, 0.15) is 22.8 Å². The fourth-order valence-corrected chi connectivity index (χ4v) is 3.43. The Morgan fingerprint density at radius 2 is 1.96 bits per heavy atom. The number of carbonyl (C=O) groups is 1. The van der Waals surface area contributed by atoms with Gasteiger partial charge in [-0.25, -0.2) is 4.79 Å². The lowest BCUT2D eigenvalue weighted by Crippen LogP contribution is -2.09. The van der Waals surface area contributed by atoms with Crippen LogP contribution in [0, 0.1) is 0 Å². The SMILES string of the molecule is CCOC(=O)c1c(CSc2ccccc2)ccc(-c2ccoc2)c1O. The van der Waals surface area contributed by atoms with E-state index in [4.69, 9.17) is 9.15 Å². The van der Waals surface area contributed by atoms with Crippen LogP contribution in [0.25, 0.3) is 11.1 Å². The van der Waals surface area contributed by atoms with Gasteiger partial charge in [-0.1, -0.05) is 30.3 Å². The second-order valence-electron chi connectivity index (χ2n) is 5.33. The number of hydrogen-bond donors (Lipinski definition) is 1. The van der Waals surface area contributed by atoms with Crippen molar-refractivity contribution >= 4 is 17.7 Å². The number of furan rings is 1. The van der Waals surface area contributed by atoms with Crippen LogP contribution in [0.3, 0.4) is 0 Å². The van der Waals surface area contributed by atoms with Crippen molar-refractivity contribution in [2.24, 2.45) is 0 Å². The molecule has 0 unspecified atom stereocenters. The Balaban J connectivity index is 1.96. The maximum absolute atomic E-state index is 12.4. The van der Waals surface area contributed by atoms with Gasteiger partial charge < -0.3 is 14.3 Å². The number of hydrogen-bond acceptors (Lipinski definition) is 5. The van der Waals surface area contributed by atoms with Crippen LogP contribution in [0.15, 0.2) is 70.4 Å². The summed E-state index contributed by atoms with van der Waals surface area (Å²) in [5.74, 6) is -0.0442. The van der Waals surface area contributed by atoms with Gasteiger partial charge in [-0.2, -0.15) is 0 Å². The van der Waals surface area contributed by atoms with Crippen LogP contribution >= 0.6 is 11.8 Å². The molecule has 0 spiro atoms. The number of esters is 1. The molecule has 3 rings (SSSR count). The standard InChI is InChI=1S/C20H18O4S/c1-2-24-20(22)18-15(13-25-16-6-4-3-5-7-16)8-9-17(19(18)21)14-10-11-23-12-14/h3-12,21H,2,13H2,1H3. The van der Waals surface area contributed by atoms with Crippen molar-refractivity contribution in [3.63, 3.8) is 0 Å². The van der Waals surface area contributed by atoms with Crippen LogP contribution in [0.2, 0.25) is 0 Å². The Hall–Kier alpha value is -2.66. The second-order valence-corrected chi connectivity index (χ2v) is 6.38. The number of aromatic hydroxyl groups is 1. The molecule has 128 valence electrons. The molecule has 1 aromatic heterocycles. The number of phenolic OH excluding ortho intramolecular Hbond substituents is 1. The van der Waals surface area contributed by atoms with Gasteiger partial charge in [-0.15, -0.1) is 11.8 Å². The zero-order chi connectivity index (χ0) is 17.6. The minimum absolute atomic E-state index is 0.0778. The first-order valence-electron chi connectivity index (χ1n) is 7.93. The molecule has 0 saturated heterocycles. The Morgan fingerprint density at radius 3 is 2.64 bits per heavy atom. The van der Waals surface area contributed by atoms with Crippen LogP contribution in [0.4, 0.5) is 0 Å². The van der Waals surface area contributed by atoms with E-state index < -0.39 is 5.97 Å². The molecule has 0 radical (unpaired) electrons. The summed E-state index contributed by atoms with van der Waals surface area (Å²) in [4.78, 5) is 13.5. The highest BCUT2D eigenvalue weighted by Crippen LogP contribution is 2.37. The molecule has 4 nitrogen and oxygen atoms in total. The van der Waals surface area contributed by atoms with Gasteiger partial charge in [0, 0.05) is 21.8 Å². The third-order valence-electron chi connectivity index (χ3n) is 3.71. The van der Waals surface area contributed by atoms with Gasteiger partial charge in [0.15, 0.2) is 0 Å². The molecule has 1 N–H and O–H groups in total. The van der Waals surface area contributed by atoms with E-state index in [1.807, 2.05) is 36.4 Å². The highest BCUT2D eigenvalue weighted by atomic mass is 32.2. The predicted molar refractivity (Wildman–Crippen MR) is 97.8 cm³/mol. The lowest BCUT2D eigenvalue weighted by atomic mass is 9.99. The van der Waals surface area contributed by atoms with Crippen molar-refractivity contribution in [1.29, 1.82) is 0 Å². The Morgan fingerprint density at radius 1 is 1.16 bits per heavy atom. The lowest BCUT2D eigenvalue weighted by Gasteiger charge is -2.13. The topological polar surface area (TPSA) is 59.7 Å². The van der Waals surface area contributed by atoms with E-state index in [0.29, 0.717) is 16.9 Å². The predicted octanol–water partition coefficient (Wildman–Crippen LogP) is 5.12. The number of ether oxygens (including phenoxy) is 1. The average Bonchev–Trinajstić information content (AvgIpc) is 3.15. The maximum Gasteiger partial charge on any atom is 0.342 e. The van der Waals surface area contributed by atoms with Crippen molar-refractivity contribution in [3.8, 4) is 16.9 Å². The first-order chi connectivity index (χ1) is 12.2. The molecule has 25 heavy (non-hydrogen) atoms. The summed E-state index contributed by atoms with van der Waals surface area (Å²) in [6.07, 6.45) is 3.06. The van der Waals surface area contributed by atoms with Gasteiger partial charge in [0.1, 0.15) is 11.3 Å². The van der Waals surface area contributed by atoms with Crippen molar-refractivity contribution in [2.45, 2.75) is 17.6 Å². The molecule has 3 aromatic rings. The van der Waals surface area contributed by atoms with Crippen molar-refractivity contribution in [3.05, 3.63) is 72.2 Å². The van der Waals surface area contributed by atoms with E-state index in [2.05, 4.69) is 0 Å². The summed E-state index contributed by atoms with van der Waals surface area (Å²) in [5.41, 5.74) is 2.21. The fourth-order valence-electron chi connectivity index (χ4n) is 2.51. The highest BCUT2D eigenvalue weighted by Gasteiger charge is 2.21. The lowest BCUT2D eigenvalue weighted by molar-refractivity contribution is 0.0522. The first-order valence-corrected chi connectivity index (χ1v) is 8.91. The summed E-state index contributed by atoms with van der Waals surface area (Å²) >= 11 is 1.60. The fraction of sp³-hybridized carbons (Fsp3) is 0.150. The molecule has 0 atom stereocenters. The summed E-state index contributed by atoms with van der Waals surface area (Å²) in [7, 11) is 0. The van der Waals surface area contributed by atoms with Gasteiger partial charge in [0.2, 0.25) is 0 Å². The van der Waals surface area contributed by atoms with Gasteiger partial charge >= 0.3 is 5.97 Å². The normalized spacial score (nSPS) is 10.6. The molecule has 5 heteroatoms. The van der Waals surface area contributed by atoms with E-state index >= 15 is 0 Å². The minimum atomic E-state index is -0.519. The van der Waals surface area contributed by atoms with Crippen molar-refractivity contribution < 1.29 is 19.1 Å². The zero-order valence-corrected chi connectivity index (χ0v) is 14.6. The maximum atomic E-state index is 12.4. The number of thioether (sulfide) groups is 1. The summed E-state index contributed by atoms with van der Waals surface area (Å²) in [5, 5.41) is 10.7. The van der Waals surface area contributed by atoms with Crippen LogP contribution in [0.5, 0.6) is 5.75 Å². The molecule has 0 amide bonds. The summed E-state index contributed by atoms with van der Waals surface area (Å²) in [6.45, 7) is 1.99. The molecule has 1 heterocycles. The third kappa shape index (κ3) is 3.88. The summed E-state index contributed by atoms with van der Waals surface area (Å²) < 4.78 is 10.2. The van der Waals surface area contributed by atoms with E-state index in [1.54, 1.807) is 30.8 Å². The second kappa shape index (κ2) is 7.94. The first kappa shape index (κ1) is 17.2. The Bertz CT molecular complexity index is 842. The van der Waals surface area contributed by atoms with Crippen LogP contribution < -0.4 is 0 Å². The van der Waals surface area contributed by atoms with E-state index in [9.17, 15) is 9.90 Å². The molecule has 0 fully saturated rings. The molecule has 0 aliphatic heterocycles. The van der Waals surface area contributed by atoms with E-state index in [0.717, 1.165) is 10.5 Å². The number of carbonyl (C=O) groups excluding carboxylic acids is 1. The molecule has 0 bridgehead atoms. The molecule has 0 aliphatic carbocycles. The Kier molecular flexibility index (Phi) is 5.46. The van der Waals surface area contributed by atoms with Gasteiger partial charge in [0.25, 0.3) is 0 Å². The van der Waals surface area contributed by atoms with Crippen molar-refractivity contribution in [2.75, 3.05) is 6.61 Å². The number of phenols is 1. The van der Waals surface area contributed by atoms with E-state index in [1.165, 1.54) is 12.5 Å². The minimum Gasteiger partial charge on any atom is -0.506 e. The molecular formula is C20H18O4S. The largest absolute Gasteiger partial charge is 0.506 e.